The Labute approximate surface area is 177 Å². The molecule has 6 heteroatoms. The minimum atomic E-state index is -0.151. The van der Waals surface area contributed by atoms with Gasteiger partial charge in [-0.2, -0.15) is 0 Å². The summed E-state index contributed by atoms with van der Waals surface area (Å²) in [5.41, 5.74) is 3.44. The summed E-state index contributed by atoms with van der Waals surface area (Å²) in [6, 6.07) is 16.5. The average Bonchev–Trinajstić information content (AvgIpc) is 3.38. The highest BCUT2D eigenvalue weighted by atomic mass is 16.5. The summed E-state index contributed by atoms with van der Waals surface area (Å²) in [6.07, 6.45) is 2.99. The number of nitrogens with zero attached hydrogens (tertiary/aromatic N) is 3. The maximum atomic E-state index is 6.38. The van der Waals surface area contributed by atoms with E-state index in [1.807, 2.05) is 30.5 Å². The van der Waals surface area contributed by atoms with Gasteiger partial charge in [0.05, 0.1) is 32.7 Å². The molecule has 2 aliphatic heterocycles. The summed E-state index contributed by atoms with van der Waals surface area (Å²) in [7, 11) is 3.39. The number of methoxy groups -OCH3 is 2. The van der Waals surface area contributed by atoms with Gasteiger partial charge in [0.25, 0.3) is 0 Å². The van der Waals surface area contributed by atoms with Gasteiger partial charge in [-0.15, -0.1) is 0 Å². The lowest BCUT2D eigenvalue weighted by atomic mass is 10.0. The lowest BCUT2D eigenvalue weighted by Crippen LogP contribution is -2.44. The molecule has 2 aliphatic rings. The monoisotopic (exact) mass is 405 g/mol. The number of hydrogen-bond acceptors (Lipinski definition) is 5. The molecule has 0 N–H and O–H groups in total. The second-order valence-electron chi connectivity index (χ2n) is 8.15. The van der Waals surface area contributed by atoms with Crippen LogP contribution in [0.2, 0.25) is 0 Å². The fourth-order valence-corrected chi connectivity index (χ4v) is 4.55. The third-order valence-corrected chi connectivity index (χ3v) is 6.24. The van der Waals surface area contributed by atoms with E-state index in [0.717, 1.165) is 61.2 Å². The SMILES string of the molecule is COc1ccc(CN2CC[C@@]3(C2)Cn2c(-c4ccc(OC)cc4)cnc2CO3)cc1. The van der Waals surface area contributed by atoms with E-state index in [1.54, 1.807) is 14.2 Å². The zero-order valence-corrected chi connectivity index (χ0v) is 17.5. The Balaban J connectivity index is 1.32. The van der Waals surface area contributed by atoms with Crippen molar-refractivity contribution in [1.29, 1.82) is 0 Å². The molecule has 0 aliphatic carbocycles. The molecule has 5 rings (SSSR count). The molecule has 1 aromatic heterocycles. The van der Waals surface area contributed by atoms with Gasteiger partial charge in [-0.3, -0.25) is 4.90 Å². The molecule has 2 aromatic carbocycles. The van der Waals surface area contributed by atoms with Crippen molar-refractivity contribution in [3.63, 3.8) is 0 Å². The van der Waals surface area contributed by atoms with Crippen molar-refractivity contribution in [3.05, 3.63) is 66.1 Å². The zero-order chi connectivity index (χ0) is 20.6. The normalized spacial score (nSPS) is 21.0. The second kappa shape index (κ2) is 7.78. The Kier molecular flexibility index (Phi) is 4.97. The molecule has 0 radical (unpaired) electrons. The first-order valence-corrected chi connectivity index (χ1v) is 10.4. The first-order valence-electron chi connectivity index (χ1n) is 10.4. The maximum Gasteiger partial charge on any atom is 0.135 e. The van der Waals surface area contributed by atoms with E-state index < -0.39 is 0 Å². The molecule has 0 saturated carbocycles. The number of hydrogen-bond donors (Lipinski definition) is 0. The third kappa shape index (κ3) is 3.57. The van der Waals surface area contributed by atoms with Gasteiger partial charge in [-0.25, -0.2) is 4.98 Å². The summed E-state index contributed by atoms with van der Waals surface area (Å²) in [5, 5.41) is 0. The van der Waals surface area contributed by atoms with E-state index in [1.165, 1.54) is 5.56 Å². The van der Waals surface area contributed by atoms with Crippen molar-refractivity contribution in [2.75, 3.05) is 27.3 Å². The Morgan fingerprint density at radius 2 is 1.67 bits per heavy atom. The summed E-state index contributed by atoms with van der Waals surface area (Å²) in [4.78, 5) is 7.10. The van der Waals surface area contributed by atoms with E-state index in [9.17, 15) is 0 Å². The molecule has 3 heterocycles. The predicted octanol–water partition coefficient (Wildman–Crippen LogP) is 3.74. The summed E-state index contributed by atoms with van der Waals surface area (Å²) in [6.45, 7) is 4.29. The van der Waals surface area contributed by atoms with Gasteiger partial charge in [0.1, 0.15) is 29.5 Å². The summed E-state index contributed by atoms with van der Waals surface area (Å²) >= 11 is 0. The third-order valence-electron chi connectivity index (χ3n) is 6.24. The van der Waals surface area contributed by atoms with Crippen molar-refractivity contribution in [3.8, 4) is 22.8 Å². The van der Waals surface area contributed by atoms with Crippen LogP contribution in [0, 0.1) is 0 Å². The first kappa shape index (κ1) is 19.2. The Bertz CT molecular complexity index is 1010. The van der Waals surface area contributed by atoms with Crippen molar-refractivity contribution in [2.24, 2.45) is 0 Å². The number of imidazole rings is 1. The fourth-order valence-electron chi connectivity index (χ4n) is 4.55. The number of aromatic nitrogens is 2. The average molecular weight is 405 g/mol. The van der Waals surface area contributed by atoms with Crippen molar-refractivity contribution >= 4 is 0 Å². The molecule has 0 unspecified atom stereocenters. The predicted molar refractivity (Wildman–Crippen MR) is 115 cm³/mol. The second-order valence-corrected chi connectivity index (χ2v) is 8.15. The van der Waals surface area contributed by atoms with Gasteiger partial charge < -0.3 is 18.8 Å². The van der Waals surface area contributed by atoms with Gasteiger partial charge >= 0.3 is 0 Å². The lowest BCUT2D eigenvalue weighted by Gasteiger charge is -2.35. The van der Waals surface area contributed by atoms with Gasteiger partial charge in [0.2, 0.25) is 0 Å². The molecule has 0 amide bonds. The molecule has 30 heavy (non-hydrogen) atoms. The number of rotatable bonds is 5. The fraction of sp³-hybridized carbons (Fsp3) is 0.375. The van der Waals surface area contributed by atoms with Crippen LogP contribution in [0.15, 0.2) is 54.7 Å². The minimum absolute atomic E-state index is 0.151. The van der Waals surface area contributed by atoms with Crippen LogP contribution < -0.4 is 9.47 Å². The van der Waals surface area contributed by atoms with Crippen LogP contribution in [-0.4, -0.2) is 47.4 Å². The molecule has 0 bridgehead atoms. The largest absolute Gasteiger partial charge is 0.497 e. The highest BCUT2D eigenvalue weighted by Crippen LogP contribution is 2.36. The van der Waals surface area contributed by atoms with Crippen LogP contribution >= 0.6 is 0 Å². The van der Waals surface area contributed by atoms with E-state index in [-0.39, 0.29) is 5.60 Å². The quantitative estimate of drug-likeness (QED) is 0.647. The van der Waals surface area contributed by atoms with Gasteiger partial charge in [-0.05, 0) is 48.4 Å². The van der Waals surface area contributed by atoms with Crippen LogP contribution in [0.1, 0.15) is 17.8 Å². The topological polar surface area (TPSA) is 48.8 Å². The maximum absolute atomic E-state index is 6.38. The molecule has 1 spiro atoms. The number of benzene rings is 2. The number of fused-ring (bicyclic) bond motifs is 1. The molecule has 3 aromatic rings. The molecule has 1 fully saturated rings. The van der Waals surface area contributed by atoms with Crippen molar-refractivity contribution in [2.45, 2.75) is 31.7 Å². The standard InChI is InChI=1S/C24H27N3O3/c1-28-20-7-3-18(4-8-20)14-26-12-11-24(16-26)17-27-22(13-25-23(27)15-30-24)19-5-9-21(29-2)10-6-19/h3-10,13H,11-12,14-17H2,1-2H3/t24-/m1/s1. The molecule has 156 valence electrons. The lowest BCUT2D eigenvalue weighted by molar-refractivity contribution is -0.0821. The minimum Gasteiger partial charge on any atom is -0.497 e. The van der Waals surface area contributed by atoms with Crippen LogP contribution in [0.25, 0.3) is 11.3 Å². The van der Waals surface area contributed by atoms with Crippen LogP contribution in [-0.2, 0) is 24.4 Å². The van der Waals surface area contributed by atoms with Gasteiger partial charge in [0.15, 0.2) is 0 Å². The van der Waals surface area contributed by atoms with E-state index in [2.05, 4.69) is 38.7 Å². The zero-order valence-electron chi connectivity index (χ0n) is 17.5. The van der Waals surface area contributed by atoms with E-state index in [0.29, 0.717) is 6.61 Å². The summed E-state index contributed by atoms with van der Waals surface area (Å²) < 4.78 is 19.3. The van der Waals surface area contributed by atoms with Crippen LogP contribution in [0.5, 0.6) is 11.5 Å². The highest BCUT2D eigenvalue weighted by Gasteiger charge is 2.43. The summed E-state index contributed by atoms with van der Waals surface area (Å²) in [5.74, 6) is 2.76. The Morgan fingerprint density at radius 3 is 2.37 bits per heavy atom. The highest BCUT2D eigenvalue weighted by molar-refractivity contribution is 5.60. The molecule has 6 nitrogen and oxygen atoms in total. The van der Waals surface area contributed by atoms with Gasteiger partial charge in [0, 0.05) is 25.2 Å². The van der Waals surface area contributed by atoms with Gasteiger partial charge in [-0.1, -0.05) is 12.1 Å². The van der Waals surface area contributed by atoms with E-state index in [4.69, 9.17) is 14.2 Å². The number of ether oxygens (including phenoxy) is 3. The first-order chi connectivity index (χ1) is 14.7. The molecule has 1 saturated heterocycles. The van der Waals surface area contributed by atoms with Crippen LogP contribution in [0.3, 0.4) is 0 Å². The molecular formula is C24H27N3O3. The van der Waals surface area contributed by atoms with Crippen LogP contribution in [0.4, 0.5) is 0 Å². The molecule has 1 atom stereocenters. The van der Waals surface area contributed by atoms with Crippen molar-refractivity contribution in [1.82, 2.24) is 14.5 Å². The Hall–Kier alpha value is -2.83. The van der Waals surface area contributed by atoms with Crippen molar-refractivity contribution < 1.29 is 14.2 Å². The van der Waals surface area contributed by atoms with E-state index >= 15 is 0 Å². The molecular weight excluding hydrogens is 378 g/mol. The Morgan fingerprint density at radius 1 is 0.967 bits per heavy atom. The smallest absolute Gasteiger partial charge is 0.135 e. The number of likely N-dealkylation sites (tertiary alicyclic amines) is 1.